The highest BCUT2D eigenvalue weighted by Gasteiger charge is 2.76. The summed E-state index contributed by atoms with van der Waals surface area (Å²) >= 11 is 14.4. The van der Waals surface area contributed by atoms with Crippen LogP contribution in [0.2, 0.25) is 0 Å². The summed E-state index contributed by atoms with van der Waals surface area (Å²) in [5.41, 5.74) is 2.69. The number of aromatic hydroxyl groups is 1. The molecule has 6 atom stereocenters. The number of allylic oxidation sites excluding steroid dienone is 2. The number of nitrogens with zero attached hydrogens (tertiary/aromatic N) is 2. The SMILES string of the molecule is CCc1ccc(N2C(=O)[C@H]3[C@H](CC=C4[C@H]3C[C@@]3(Cl)C(=O)N(C)C(=O)[C@@]3(Cl)[C@H]4c3ccc(O)cc3OC)C2=O)cc1. The van der Waals surface area contributed by atoms with Gasteiger partial charge in [-0.3, -0.25) is 29.0 Å². The maximum absolute atomic E-state index is 14.0. The largest absolute Gasteiger partial charge is 0.508 e. The Bertz CT molecular complexity index is 1510. The molecule has 0 unspecified atom stereocenters. The number of carbonyl (C=O) groups excluding carboxylic acids is 4. The van der Waals surface area contributed by atoms with E-state index in [9.17, 15) is 24.3 Å². The van der Waals surface area contributed by atoms with Crippen LogP contribution in [0.5, 0.6) is 11.5 Å². The summed E-state index contributed by atoms with van der Waals surface area (Å²) in [6.45, 7) is 2.02. The van der Waals surface area contributed by atoms with Crippen LogP contribution < -0.4 is 9.64 Å². The lowest BCUT2D eigenvalue weighted by Gasteiger charge is -2.51. The van der Waals surface area contributed by atoms with Crippen molar-refractivity contribution in [2.75, 3.05) is 19.1 Å². The Morgan fingerprint density at radius 1 is 1.00 bits per heavy atom. The van der Waals surface area contributed by atoms with Crippen molar-refractivity contribution in [3.63, 3.8) is 0 Å². The Balaban J connectivity index is 1.51. The molecule has 2 aromatic carbocycles. The molecule has 0 bridgehead atoms. The van der Waals surface area contributed by atoms with Gasteiger partial charge in [-0.2, -0.15) is 0 Å². The fourth-order valence-corrected chi connectivity index (χ4v) is 8.17. The van der Waals surface area contributed by atoms with Gasteiger partial charge < -0.3 is 9.84 Å². The predicted molar refractivity (Wildman–Crippen MR) is 148 cm³/mol. The summed E-state index contributed by atoms with van der Waals surface area (Å²) in [4.78, 5) is 53.3. The number of ether oxygens (including phenoxy) is 1. The van der Waals surface area contributed by atoms with Crippen molar-refractivity contribution in [3.05, 3.63) is 65.2 Å². The maximum atomic E-state index is 14.0. The van der Waals surface area contributed by atoms with Crippen LogP contribution in [0.25, 0.3) is 0 Å². The van der Waals surface area contributed by atoms with Crippen LogP contribution in [0.1, 0.15) is 36.8 Å². The minimum atomic E-state index is -1.92. The molecule has 0 aromatic heterocycles. The van der Waals surface area contributed by atoms with E-state index in [1.165, 1.54) is 31.2 Å². The van der Waals surface area contributed by atoms with Crippen molar-refractivity contribution < 1.29 is 29.0 Å². The predicted octanol–water partition coefficient (Wildman–Crippen LogP) is 4.16. The Morgan fingerprint density at radius 2 is 1.70 bits per heavy atom. The van der Waals surface area contributed by atoms with E-state index in [-0.39, 0.29) is 36.2 Å². The van der Waals surface area contributed by atoms with E-state index >= 15 is 0 Å². The number of halogens is 2. The molecule has 2 aliphatic heterocycles. The molecule has 8 nitrogen and oxygen atoms in total. The molecule has 208 valence electrons. The molecular formula is C30H28Cl2N2O6. The molecule has 2 heterocycles. The highest BCUT2D eigenvalue weighted by molar-refractivity contribution is 6.53. The molecule has 0 radical (unpaired) electrons. The average molecular weight is 583 g/mol. The zero-order chi connectivity index (χ0) is 28.7. The number of rotatable bonds is 4. The quantitative estimate of drug-likeness (QED) is 0.330. The van der Waals surface area contributed by atoms with Gasteiger partial charge in [-0.15, -0.1) is 23.2 Å². The molecule has 2 saturated heterocycles. The Morgan fingerprint density at radius 3 is 2.35 bits per heavy atom. The van der Waals surface area contributed by atoms with Crippen LogP contribution in [-0.4, -0.2) is 57.5 Å². The monoisotopic (exact) mass is 582 g/mol. The van der Waals surface area contributed by atoms with E-state index in [1.807, 2.05) is 25.1 Å². The smallest absolute Gasteiger partial charge is 0.253 e. The van der Waals surface area contributed by atoms with Gasteiger partial charge >= 0.3 is 0 Å². The Labute approximate surface area is 241 Å². The molecule has 10 heteroatoms. The third-order valence-corrected chi connectivity index (χ3v) is 10.6. The second-order valence-electron chi connectivity index (χ2n) is 11.0. The van der Waals surface area contributed by atoms with Gasteiger partial charge in [-0.1, -0.05) is 36.8 Å². The molecule has 6 rings (SSSR count). The number of aryl methyl sites for hydroxylation is 1. The van der Waals surface area contributed by atoms with Crippen LogP contribution in [0.3, 0.4) is 0 Å². The minimum absolute atomic E-state index is 0.0568. The fourth-order valence-electron chi connectivity index (χ4n) is 7.16. The topological polar surface area (TPSA) is 104 Å². The average Bonchev–Trinajstić information content (AvgIpc) is 3.28. The number of alkyl halides is 2. The summed E-state index contributed by atoms with van der Waals surface area (Å²) in [5, 5.41) is 10.1. The van der Waals surface area contributed by atoms with Crippen LogP contribution in [-0.2, 0) is 25.6 Å². The van der Waals surface area contributed by atoms with E-state index in [0.29, 0.717) is 16.8 Å². The first kappa shape index (κ1) is 26.8. The van der Waals surface area contributed by atoms with Crippen molar-refractivity contribution in [1.29, 1.82) is 0 Å². The molecule has 1 N–H and O–H groups in total. The Hall–Kier alpha value is -3.36. The van der Waals surface area contributed by atoms with E-state index in [2.05, 4.69) is 0 Å². The number of phenols is 1. The first-order chi connectivity index (χ1) is 19.0. The molecule has 2 aromatic rings. The second-order valence-corrected chi connectivity index (χ2v) is 12.2. The molecular weight excluding hydrogens is 555 g/mol. The number of amides is 4. The Kier molecular flexibility index (Phi) is 6.09. The van der Waals surface area contributed by atoms with Crippen molar-refractivity contribution >= 4 is 52.5 Å². The minimum Gasteiger partial charge on any atom is -0.508 e. The molecule has 4 amide bonds. The van der Waals surface area contributed by atoms with Crippen LogP contribution in [0.4, 0.5) is 5.69 Å². The van der Waals surface area contributed by atoms with Gasteiger partial charge in [0.1, 0.15) is 11.5 Å². The summed E-state index contributed by atoms with van der Waals surface area (Å²) < 4.78 is 5.56. The lowest BCUT2D eigenvalue weighted by atomic mass is 9.56. The van der Waals surface area contributed by atoms with Crippen molar-refractivity contribution in [1.82, 2.24) is 4.90 Å². The van der Waals surface area contributed by atoms with E-state index < -0.39 is 45.2 Å². The molecule has 1 saturated carbocycles. The number of phenolic OH excluding ortho intramolecular Hbond substituents is 1. The van der Waals surface area contributed by atoms with Gasteiger partial charge in [0.2, 0.25) is 11.8 Å². The van der Waals surface area contributed by atoms with Gasteiger partial charge in [-0.05, 0) is 48.9 Å². The maximum Gasteiger partial charge on any atom is 0.253 e. The second kappa shape index (κ2) is 9.08. The third kappa shape index (κ3) is 3.32. The summed E-state index contributed by atoms with van der Waals surface area (Å²) in [5.74, 6) is -4.77. The lowest BCUT2D eigenvalue weighted by Crippen LogP contribution is -2.60. The number of fused-ring (bicyclic) bond motifs is 4. The summed E-state index contributed by atoms with van der Waals surface area (Å²) in [6, 6.07) is 11.8. The van der Waals surface area contributed by atoms with Crippen molar-refractivity contribution in [3.8, 4) is 11.5 Å². The van der Waals surface area contributed by atoms with Gasteiger partial charge in [0, 0.05) is 24.6 Å². The summed E-state index contributed by atoms with van der Waals surface area (Å²) in [6.07, 6.45) is 2.87. The number of carbonyl (C=O) groups is 4. The van der Waals surface area contributed by atoms with Crippen molar-refractivity contribution in [2.24, 2.45) is 17.8 Å². The van der Waals surface area contributed by atoms with Gasteiger partial charge in [-0.25, -0.2) is 0 Å². The summed E-state index contributed by atoms with van der Waals surface area (Å²) in [7, 11) is 2.77. The van der Waals surface area contributed by atoms with Crippen LogP contribution in [0, 0.1) is 17.8 Å². The molecule has 4 aliphatic rings. The van der Waals surface area contributed by atoms with E-state index in [1.54, 1.807) is 18.2 Å². The highest BCUT2D eigenvalue weighted by atomic mass is 35.5. The van der Waals surface area contributed by atoms with E-state index in [4.69, 9.17) is 27.9 Å². The first-order valence-electron chi connectivity index (χ1n) is 13.2. The number of benzene rings is 2. The number of hydrogen-bond acceptors (Lipinski definition) is 6. The highest BCUT2D eigenvalue weighted by Crippen LogP contribution is 2.66. The van der Waals surface area contributed by atoms with Crippen LogP contribution in [0.15, 0.2) is 54.1 Å². The first-order valence-corrected chi connectivity index (χ1v) is 14.0. The van der Waals surface area contributed by atoms with Crippen molar-refractivity contribution in [2.45, 2.75) is 41.9 Å². The molecule has 40 heavy (non-hydrogen) atoms. The van der Waals surface area contributed by atoms with Gasteiger partial charge in [0.25, 0.3) is 11.8 Å². The van der Waals surface area contributed by atoms with Gasteiger partial charge in [0.15, 0.2) is 9.75 Å². The molecule has 3 fully saturated rings. The number of anilines is 1. The standard InChI is InChI=1S/C30H28Cl2N2O6/c1-4-15-5-7-16(8-6-15)34-25(36)20-12-11-18-21(23(20)26(34)37)14-29(31)27(38)33(2)28(39)30(29,32)24(18)19-10-9-17(35)13-22(19)40-3/h5-11,13,20-21,23-24,35H,4,12,14H2,1-3H3/t20-,21+,23-,24+,29+,30-/m0/s1. The van der Waals surface area contributed by atoms with Crippen LogP contribution >= 0.6 is 23.2 Å². The normalized spacial score (nSPS) is 33.1. The zero-order valence-corrected chi connectivity index (χ0v) is 23.7. The van der Waals surface area contributed by atoms with Gasteiger partial charge in [0.05, 0.1) is 24.6 Å². The third-order valence-electron chi connectivity index (χ3n) is 9.15. The molecule has 0 spiro atoms. The number of hydrogen-bond donors (Lipinski definition) is 1. The zero-order valence-electron chi connectivity index (χ0n) is 22.2. The number of methoxy groups -OCH3 is 1. The number of imide groups is 2. The number of likely N-dealkylation sites (tertiary alicyclic amines) is 1. The molecule has 2 aliphatic carbocycles. The fraction of sp³-hybridized carbons (Fsp3) is 0.400. The lowest BCUT2D eigenvalue weighted by molar-refractivity contribution is -0.138. The van der Waals surface area contributed by atoms with E-state index in [0.717, 1.165) is 16.9 Å².